The van der Waals surface area contributed by atoms with Crippen molar-refractivity contribution in [3.05, 3.63) is 103 Å². The molecule has 1 fully saturated rings. The molecule has 0 aromatic heterocycles. The standard InChI is InChI=1S/C26H21BrN2O6S/c1-2-34-23-13-19(7-12-22(23)35-16-18-5-10-21(11-6-18)29(32)33)14-24-25(30)28(26(31)36-24)15-17-3-8-20(27)9-4-17/h3-14H,2,15-16H2,1H3/b24-14-. The summed E-state index contributed by atoms with van der Waals surface area (Å²) < 4.78 is 12.5. The molecule has 0 aliphatic carbocycles. The van der Waals surface area contributed by atoms with Crippen molar-refractivity contribution >= 4 is 50.6 Å². The van der Waals surface area contributed by atoms with Gasteiger partial charge in [0.2, 0.25) is 0 Å². The van der Waals surface area contributed by atoms with E-state index in [4.69, 9.17) is 9.47 Å². The molecule has 0 N–H and O–H groups in total. The number of non-ortho nitro benzene ring substituents is 1. The number of ether oxygens (including phenoxy) is 2. The van der Waals surface area contributed by atoms with E-state index in [1.54, 1.807) is 36.4 Å². The number of imide groups is 1. The summed E-state index contributed by atoms with van der Waals surface area (Å²) in [5.41, 5.74) is 2.33. The first-order chi connectivity index (χ1) is 17.3. The number of amides is 2. The molecule has 4 rings (SSSR count). The van der Waals surface area contributed by atoms with Crippen LogP contribution in [0.5, 0.6) is 11.5 Å². The highest BCUT2D eigenvalue weighted by molar-refractivity contribution is 9.10. The van der Waals surface area contributed by atoms with Gasteiger partial charge in [0.15, 0.2) is 11.5 Å². The van der Waals surface area contributed by atoms with Crippen LogP contribution in [-0.4, -0.2) is 27.6 Å². The molecule has 0 radical (unpaired) electrons. The average molecular weight is 569 g/mol. The molecule has 36 heavy (non-hydrogen) atoms. The van der Waals surface area contributed by atoms with Gasteiger partial charge in [0.05, 0.1) is 23.0 Å². The van der Waals surface area contributed by atoms with Crippen LogP contribution in [0.2, 0.25) is 0 Å². The molecule has 1 saturated heterocycles. The van der Waals surface area contributed by atoms with Gasteiger partial charge < -0.3 is 9.47 Å². The van der Waals surface area contributed by atoms with Crippen LogP contribution in [0.3, 0.4) is 0 Å². The number of hydrogen-bond acceptors (Lipinski definition) is 7. The second kappa shape index (κ2) is 11.4. The Morgan fingerprint density at radius 3 is 2.33 bits per heavy atom. The fraction of sp³-hybridized carbons (Fsp3) is 0.154. The molecule has 1 aliphatic heterocycles. The Bertz CT molecular complexity index is 1330. The molecule has 3 aromatic carbocycles. The largest absolute Gasteiger partial charge is 0.490 e. The summed E-state index contributed by atoms with van der Waals surface area (Å²) in [6, 6.07) is 18.8. The lowest BCUT2D eigenvalue weighted by molar-refractivity contribution is -0.384. The summed E-state index contributed by atoms with van der Waals surface area (Å²) in [4.78, 5) is 37.3. The van der Waals surface area contributed by atoms with E-state index in [0.717, 1.165) is 27.4 Å². The summed E-state index contributed by atoms with van der Waals surface area (Å²) in [6.07, 6.45) is 1.66. The van der Waals surface area contributed by atoms with Gasteiger partial charge in [0.1, 0.15) is 6.61 Å². The molecule has 0 unspecified atom stereocenters. The van der Waals surface area contributed by atoms with Crippen LogP contribution in [0.1, 0.15) is 23.6 Å². The third-order valence-corrected chi connectivity index (χ3v) is 6.67. The molecule has 0 saturated carbocycles. The molecule has 0 atom stereocenters. The van der Waals surface area contributed by atoms with Crippen molar-refractivity contribution < 1.29 is 24.0 Å². The molecule has 184 valence electrons. The Balaban J connectivity index is 1.48. The first-order valence-electron chi connectivity index (χ1n) is 11.0. The molecular weight excluding hydrogens is 548 g/mol. The van der Waals surface area contributed by atoms with E-state index in [0.29, 0.717) is 28.6 Å². The first kappa shape index (κ1) is 25.5. The first-order valence-corrected chi connectivity index (χ1v) is 12.6. The highest BCUT2D eigenvalue weighted by Gasteiger charge is 2.35. The van der Waals surface area contributed by atoms with Gasteiger partial charge in [0.25, 0.3) is 16.8 Å². The Morgan fingerprint density at radius 2 is 1.67 bits per heavy atom. The Hall–Kier alpha value is -3.63. The summed E-state index contributed by atoms with van der Waals surface area (Å²) >= 11 is 4.28. The van der Waals surface area contributed by atoms with Crippen molar-refractivity contribution in [3.63, 3.8) is 0 Å². The minimum atomic E-state index is -0.452. The van der Waals surface area contributed by atoms with E-state index >= 15 is 0 Å². The van der Waals surface area contributed by atoms with E-state index in [1.165, 1.54) is 17.0 Å². The lowest BCUT2D eigenvalue weighted by atomic mass is 10.1. The van der Waals surface area contributed by atoms with Crippen LogP contribution >= 0.6 is 27.7 Å². The summed E-state index contributed by atoms with van der Waals surface area (Å²) in [5.74, 6) is 0.641. The smallest absolute Gasteiger partial charge is 0.293 e. The van der Waals surface area contributed by atoms with Crippen LogP contribution in [0, 0.1) is 10.1 Å². The van der Waals surface area contributed by atoms with Crippen molar-refractivity contribution in [3.8, 4) is 11.5 Å². The maximum atomic E-state index is 12.9. The zero-order valence-corrected chi connectivity index (χ0v) is 21.6. The second-order valence-corrected chi connectivity index (χ2v) is 9.65. The maximum Gasteiger partial charge on any atom is 0.293 e. The summed E-state index contributed by atoms with van der Waals surface area (Å²) in [7, 11) is 0. The molecule has 0 spiro atoms. The lowest BCUT2D eigenvalue weighted by Crippen LogP contribution is -2.27. The second-order valence-electron chi connectivity index (χ2n) is 7.75. The predicted octanol–water partition coefficient (Wildman–Crippen LogP) is 6.57. The molecule has 2 amide bonds. The number of benzene rings is 3. The van der Waals surface area contributed by atoms with Gasteiger partial charge in [-0.15, -0.1) is 0 Å². The van der Waals surface area contributed by atoms with Gasteiger partial charge in [-0.2, -0.15) is 0 Å². The van der Waals surface area contributed by atoms with Crippen LogP contribution in [0.25, 0.3) is 6.08 Å². The topological polar surface area (TPSA) is 99.0 Å². The molecular formula is C26H21BrN2O6S. The number of nitro benzene ring substituents is 1. The van der Waals surface area contributed by atoms with E-state index < -0.39 is 4.92 Å². The minimum Gasteiger partial charge on any atom is -0.490 e. The van der Waals surface area contributed by atoms with Gasteiger partial charge in [-0.25, -0.2) is 0 Å². The maximum absolute atomic E-state index is 12.9. The van der Waals surface area contributed by atoms with Crippen molar-refractivity contribution in [1.29, 1.82) is 0 Å². The van der Waals surface area contributed by atoms with Crippen LogP contribution in [-0.2, 0) is 17.9 Å². The number of nitrogens with zero attached hydrogens (tertiary/aromatic N) is 2. The monoisotopic (exact) mass is 568 g/mol. The minimum absolute atomic E-state index is 0.0133. The van der Waals surface area contributed by atoms with E-state index in [9.17, 15) is 19.7 Å². The number of nitro groups is 1. The molecule has 1 aliphatic rings. The van der Waals surface area contributed by atoms with E-state index in [1.807, 2.05) is 31.2 Å². The fourth-order valence-corrected chi connectivity index (χ4v) is 4.54. The van der Waals surface area contributed by atoms with Crippen molar-refractivity contribution in [1.82, 2.24) is 4.90 Å². The van der Waals surface area contributed by atoms with Gasteiger partial charge in [-0.3, -0.25) is 24.6 Å². The van der Waals surface area contributed by atoms with Crippen molar-refractivity contribution in [2.24, 2.45) is 0 Å². The number of hydrogen-bond donors (Lipinski definition) is 0. The third-order valence-electron chi connectivity index (χ3n) is 5.23. The van der Waals surface area contributed by atoms with Gasteiger partial charge in [-0.1, -0.05) is 34.1 Å². The number of thioether (sulfide) groups is 1. The zero-order valence-electron chi connectivity index (χ0n) is 19.2. The van der Waals surface area contributed by atoms with Gasteiger partial charge >= 0.3 is 0 Å². The molecule has 8 nitrogen and oxygen atoms in total. The van der Waals surface area contributed by atoms with Crippen molar-refractivity contribution in [2.75, 3.05) is 6.61 Å². The number of carbonyl (C=O) groups is 2. The lowest BCUT2D eigenvalue weighted by Gasteiger charge is -2.13. The predicted molar refractivity (Wildman–Crippen MR) is 141 cm³/mol. The van der Waals surface area contributed by atoms with Gasteiger partial charge in [-0.05, 0) is 77.9 Å². The van der Waals surface area contributed by atoms with Crippen LogP contribution < -0.4 is 9.47 Å². The summed E-state index contributed by atoms with van der Waals surface area (Å²) in [5, 5.41) is 10.5. The van der Waals surface area contributed by atoms with E-state index in [2.05, 4.69) is 15.9 Å². The Morgan fingerprint density at radius 1 is 0.972 bits per heavy atom. The highest BCUT2D eigenvalue weighted by Crippen LogP contribution is 2.35. The number of carbonyl (C=O) groups excluding carboxylic acids is 2. The third kappa shape index (κ3) is 6.13. The zero-order chi connectivity index (χ0) is 25.7. The highest BCUT2D eigenvalue weighted by atomic mass is 79.9. The quantitative estimate of drug-likeness (QED) is 0.163. The Kier molecular flexibility index (Phi) is 8.07. The van der Waals surface area contributed by atoms with Crippen molar-refractivity contribution in [2.45, 2.75) is 20.1 Å². The number of rotatable bonds is 9. The van der Waals surface area contributed by atoms with E-state index in [-0.39, 0.29) is 30.0 Å². The molecule has 1 heterocycles. The summed E-state index contributed by atoms with van der Waals surface area (Å²) in [6.45, 7) is 2.66. The SMILES string of the molecule is CCOc1cc(/C=C2\SC(=O)N(Cc3ccc(Br)cc3)C2=O)ccc1OCc1ccc([N+](=O)[O-])cc1. The molecule has 3 aromatic rings. The fourth-order valence-electron chi connectivity index (χ4n) is 3.44. The normalized spacial score (nSPS) is 14.4. The van der Waals surface area contributed by atoms with Gasteiger partial charge in [0, 0.05) is 16.6 Å². The Labute approximate surface area is 220 Å². The molecule has 10 heteroatoms. The van der Waals surface area contributed by atoms with Crippen LogP contribution in [0.15, 0.2) is 76.1 Å². The number of halogens is 1. The average Bonchev–Trinajstić information content (AvgIpc) is 3.12. The molecule has 0 bridgehead atoms. The van der Waals surface area contributed by atoms with Crippen LogP contribution in [0.4, 0.5) is 10.5 Å².